The lowest BCUT2D eigenvalue weighted by molar-refractivity contribution is -0.120. The van der Waals surface area contributed by atoms with Gasteiger partial charge in [0.05, 0.1) is 29.7 Å². The molecular weight excluding hydrogens is 480 g/mol. The Balaban J connectivity index is 1.35. The molecule has 8 nitrogen and oxygen atoms in total. The Hall–Kier alpha value is -5.11. The standard InChI is InChI=1S/C30H28N4O4/c1-38-25-18-16-22(17-19-25)29(36)32-27-15-9-8-14-26(27)30(37)31-21-20-28(35)33-34(23-10-4-2-5-11-23)24-12-6-3-7-13-24/h2-19H,20-21H2,1H3,(H,31,37)(H,32,36)(H,33,35). The van der Waals surface area contributed by atoms with Crippen molar-refractivity contribution >= 4 is 34.8 Å². The van der Waals surface area contributed by atoms with E-state index in [1.165, 1.54) is 0 Å². The highest BCUT2D eigenvalue weighted by Gasteiger charge is 2.16. The summed E-state index contributed by atoms with van der Waals surface area (Å²) in [4.78, 5) is 38.3. The quantitative estimate of drug-likeness (QED) is 0.264. The summed E-state index contributed by atoms with van der Waals surface area (Å²) in [5.74, 6) is -0.374. The lowest BCUT2D eigenvalue weighted by Crippen LogP contribution is -2.40. The van der Waals surface area contributed by atoms with Crippen molar-refractivity contribution in [2.75, 3.05) is 24.0 Å². The average Bonchev–Trinajstić information content (AvgIpc) is 2.97. The molecule has 0 saturated heterocycles. The monoisotopic (exact) mass is 508 g/mol. The van der Waals surface area contributed by atoms with E-state index in [0.717, 1.165) is 11.4 Å². The molecule has 3 N–H and O–H groups in total. The molecule has 0 atom stereocenters. The van der Waals surface area contributed by atoms with E-state index in [2.05, 4.69) is 16.1 Å². The number of anilines is 3. The second-order valence-electron chi connectivity index (χ2n) is 8.28. The Kier molecular flexibility index (Phi) is 8.70. The van der Waals surface area contributed by atoms with E-state index in [0.29, 0.717) is 22.6 Å². The van der Waals surface area contributed by atoms with Crippen LogP contribution >= 0.6 is 0 Å². The molecule has 0 aliphatic rings. The third kappa shape index (κ3) is 6.76. The maximum atomic E-state index is 12.9. The van der Waals surface area contributed by atoms with Gasteiger partial charge in [0.2, 0.25) is 5.91 Å². The minimum absolute atomic E-state index is 0.0578. The fourth-order valence-electron chi connectivity index (χ4n) is 3.72. The molecule has 3 amide bonds. The minimum Gasteiger partial charge on any atom is -0.497 e. The Labute approximate surface area is 221 Å². The lowest BCUT2D eigenvalue weighted by Gasteiger charge is -2.25. The van der Waals surface area contributed by atoms with E-state index < -0.39 is 5.91 Å². The molecule has 0 fully saturated rings. The van der Waals surface area contributed by atoms with Crippen LogP contribution in [0.3, 0.4) is 0 Å². The third-order valence-electron chi connectivity index (χ3n) is 5.68. The summed E-state index contributed by atoms with van der Waals surface area (Å²) in [5, 5.41) is 7.25. The number of nitrogens with one attached hydrogen (secondary N) is 3. The van der Waals surface area contributed by atoms with Gasteiger partial charge in [0.15, 0.2) is 0 Å². The van der Waals surface area contributed by atoms with Crippen molar-refractivity contribution < 1.29 is 19.1 Å². The molecule has 0 spiro atoms. The van der Waals surface area contributed by atoms with Crippen molar-refractivity contribution in [3.8, 4) is 5.75 Å². The van der Waals surface area contributed by atoms with Gasteiger partial charge in [-0.25, -0.2) is 0 Å². The van der Waals surface area contributed by atoms with Gasteiger partial charge in [-0.2, -0.15) is 0 Å². The molecule has 0 aromatic heterocycles. The first-order valence-electron chi connectivity index (χ1n) is 12.1. The van der Waals surface area contributed by atoms with Gasteiger partial charge in [-0.3, -0.25) is 24.8 Å². The number of rotatable bonds is 10. The number of hydrazine groups is 1. The maximum absolute atomic E-state index is 12.9. The molecule has 192 valence electrons. The SMILES string of the molecule is COc1ccc(C(=O)Nc2ccccc2C(=O)NCCC(=O)NN(c2ccccc2)c2ccccc2)cc1. The highest BCUT2D eigenvalue weighted by Crippen LogP contribution is 2.22. The van der Waals surface area contributed by atoms with Crippen LogP contribution in [0.5, 0.6) is 5.75 Å². The van der Waals surface area contributed by atoms with Crippen LogP contribution in [-0.2, 0) is 4.79 Å². The topological polar surface area (TPSA) is 99.8 Å². The van der Waals surface area contributed by atoms with Gasteiger partial charge in [0.1, 0.15) is 5.75 Å². The maximum Gasteiger partial charge on any atom is 0.255 e. The first-order valence-corrected chi connectivity index (χ1v) is 12.1. The molecular formula is C30H28N4O4. The molecule has 4 aromatic rings. The predicted octanol–water partition coefficient (Wildman–Crippen LogP) is 4.94. The van der Waals surface area contributed by atoms with Crippen LogP contribution < -0.4 is 25.8 Å². The first-order chi connectivity index (χ1) is 18.5. The average molecular weight is 509 g/mol. The van der Waals surface area contributed by atoms with E-state index in [4.69, 9.17) is 4.74 Å². The zero-order valence-corrected chi connectivity index (χ0v) is 20.9. The van der Waals surface area contributed by atoms with E-state index in [1.54, 1.807) is 60.6 Å². The number of para-hydroxylation sites is 3. The van der Waals surface area contributed by atoms with Crippen molar-refractivity contribution in [2.45, 2.75) is 6.42 Å². The summed E-state index contributed by atoms with van der Waals surface area (Å²) < 4.78 is 5.12. The van der Waals surface area contributed by atoms with Crippen LogP contribution in [0, 0.1) is 0 Å². The van der Waals surface area contributed by atoms with Gasteiger partial charge >= 0.3 is 0 Å². The van der Waals surface area contributed by atoms with Gasteiger partial charge in [-0.1, -0.05) is 48.5 Å². The summed E-state index contributed by atoms with van der Waals surface area (Å²) in [6.45, 7) is 0.114. The van der Waals surface area contributed by atoms with Gasteiger partial charge in [0, 0.05) is 18.5 Å². The van der Waals surface area contributed by atoms with Gasteiger partial charge < -0.3 is 15.4 Å². The Bertz CT molecular complexity index is 1340. The van der Waals surface area contributed by atoms with Crippen molar-refractivity contribution in [1.29, 1.82) is 0 Å². The Morgan fingerprint density at radius 3 is 1.89 bits per heavy atom. The van der Waals surface area contributed by atoms with Gasteiger partial charge in [0.25, 0.3) is 11.8 Å². The van der Waals surface area contributed by atoms with Crippen molar-refractivity contribution in [3.05, 3.63) is 120 Å². The van der Waals surface area contributed by atoms with Crippen molar-refractivity contribution in [1.82, 2.24) is 10.7 Å². The smallest absolute Gasteiger partial charge is 0.255 e. The van der Waals surface area contributed by atoms with Crippen LogP contribution in [0.1, 0.15) is 27.1 Å². The molecule has 0 unspecified atom stereocenters. The number of carbonyl (C=O) groups excluding carboxylic acids is 3. The number of ether oxygens (including phenoxy) is 1. The van der Waals surface area contributed by atoms with E-state index in [-0.39, 0.29) is 24.8 Å². The first kappa shape index (κ1) is 26.0. The van der Waals surface area contributed by atoms with Crippen molar-refractivity contribution in [3.63, 3.8) is 0 Å². The van der Waals surface area contributed by atoms with Gasteiger partial charge in [-0.05, 0) is 60.7 Å². The molecule has 0 aliphatic heterocycles. The normalized spacial score (nSPS) is 10.2. The molecule has 0 saturated carbocycles. The molecule has 0 heterocycles. The number of nitrogens with zero attached hydrogens (tertiary/aromatic N) is 1. The number of hydrogen-bond donors (Lipinski definition) is 3. The van der Waals surface area contributed by atoms with Crippen molar-refractivity contribution in [2.24, 2.45) is 0 Å². The van der Waals surface area contributed by atoms with Crippen LogP contribution in [0.2, 0.25) is 0 Å². The van der Waals surface area contributed by atoms with Crippen LogP contribution in [0.4, 0.5) is 17.1 Å². The number of methoxy groups -OCH3 is 1. The molecule has 4 aromatic carbocycles. The Morgan fingerprint density at radius 2 is 1.29 bits per heavy atom. The third-order valence-corrected chi connectivity index (χ3v) is 5.68. The van der Waals surface area contributed by atoms with E-state index >= 15 is 0 Å². The number of benzene rings is 4. The summed E-state index contributed by atoms with van der Waals surface area (Å²) in [6.07, 6.45) is 0.0578. The summed E-state index contributed by atoms with van der Waals surface area (Å²) in [6, 6.07) is 32.3. The fourth-order valence-corrected chi connectivity index (χ4v) is 3.72. The Morgan fingerprint density at radius 1 is 0.711 bits per heavy atom. The zero-order valence-electron chi connectivity index (χ0n) is 20.9. The minimum atomic E-state index is -0.397. The second kappa shape index (κ2) is 12.7. The van der Waals surface area contributed by atoms with E-state index in [9.17, 15) is 14.4 Å². The molecule has 38 heavy (non-hydrogen) atoms. The predicted molar refractivity (Wildman–Crippen MR) is 148 cm³/mol. The van der Waals surface area contributed by atoms with Crippen LogP contribution in [0.25, 0.3) is 0 Å². The summed E-state index contributed by atoms with van der Waals surface area (Å²) in [7, 11) is 1.55. The molecule has 8 heteroatoms. The molecule has 0 aliphatic carbocycles. The second-order valence-corrected chi connectivity index (χ2v) is 8.28. The lowest BCUT2D eigenvalue weighted by atomic mass is 10.1. The number of hydrogen-bond acceptors (Lipinski definition) is 5. The van der Waals surface area contributed by atoms with Crippen LogP contribution in [0.15, 0.2) is 109 Å². The number of amides is 3. The van der Waals surface area contributed by atoms with Gasteiger partial charge in [-0.15, -0.1) is 0 Å². The molecule has 0 bridgehead atoms. The highest BCUT2D eigenvalue weighted by atomic mass is 16.5. The number of carbonyl (C=O) groups is 3. The molecule has 4 rings (SSSR count). The summed E-state index contributed by atoms with van der Waals surface area (Å²) in [5.41, 5.74) is 5.61. The van der Waals surface area contributed by atoms with E-state index in [1.807, 2.05) is 60.7 Å². The highest BCUT2D eigenvalue weighted by molar-refractivity contribution is 6.09. The zero-order chi connectivity index (χ0) is 26.7. The summed E-state index contributed by atoms with van der Waals surface area (Å²) >= 11 is 0. The fraction of sp³-hybridized carbons (Fsp3) is 0.100. The van der Waals surface area contributed by atoms with Crippen LogP contribution in [-0.4, -0.2) is 31.4 Å². The largest absolute Gasteiger partial charge is 0.497 e. The molecule has 0 radical (unpaired) electrons.